The molecule has 4 aromatic carbocycles. The fourth-order valence-electron chi connectivity index (χ4n) is 4.68. The van der Waals surface area contributed by atoms with Crippen LogP contribution >= 0.6 is 46.4 Å². The van der Waals surface area contributed by atoms with Crippen LogP contribution in [0.1, 0.15) is 42.0 Å². The van der Waals surface area contributed by atoms with Crippen LogP contribution in [-0.4, -0.2) is 23.0 Å². The third kappa shape index (κ3) is 6.53. The number of aromatic nitrogens is 2. The molecule has 0 bridgehead atoms. The second kappa shape index (κ2) is 13.0. The minimum Gasteiger partial charge on any atom is -0.496 e. The fraction of sp³-hybridized carbons (Fsp3) is 0.182. The van der Waals surface area contributed by atoms with Crippen LogP contribution in [0.3, 0.4) is 0 Å². The number of methoxy groups -OCH3 is 1. The van der Waals surface area contributed by atoms with E-state index >= 15 is 0 Å². The van der Waals surface area contributed by atoms with Crippen molar-refractivity contribution in [3.05, 3.63) is 119 Å². The third-order valence-corrected chi connectivity index (χ3v) is 8.07. The zero-order valence-corrected chi connectivity index (χ0v) is 26.8. The Hall–Kier alpha value is -3.55. The summed E-state index contributed by atoms with van der Waals surface area (Å²) in [5.74, 6) is 1.66. The first-order valence-corrected chi connectivity index (χ1v) is 14.9. The Morgan fingerprint density at radius 3 is 2.35 bits per heavy atom. The van der Waals surface area contributed by atoms with Gasteiger partial charge in [-0.25, -0.2) is 4.98 Å². The molecular formula is C33H27Cl4N3O3. The number of rotatable bonds is 8. The summed E-state index contributed by atoms with van der Waals surface area (Å²) in [5, 5.41) is 6.58. The summed E-state index contributed by atoms with van der Waals surface area (Å²) in [6.07, 6.45) is 1.52. The van der Waals surface area contributed by atoms with Crippen LogP contribution in [0.4, 0.5) is 0 Å². The lowest BCUT2D eigenvalue weighted by atomic mass is 9.96. The van der Waals surface area contributed by atoms with E-state index in [-0.39, 0.29) is 28.1 Å². The molecule has 43 heavy (non-hydrogen) atoms. The smallest absolute Gasteiger partial charge is 0.282 e. The molecule has 0 saturated heterocycles. The van der Waals surface area contributed by atoms with Crippen molar-refractivity contribution in [2.45, 2.75) is 33.3 Å². The largest absolute Gasteiger partial charge is 0.496 e. The first-order valence-electron chi connectivity index (χ1n) is 13.4. The fourth-order valence-corrected chi connectivity index (χ4v) is 5.75. The molecule has 5 rings (SSSR count). The molecule has 0 spiro atoms. The van der Waals surface area contributed by atoms with Crippen LogP contribution in [-0.2, 0) is 6.61 Å². The van der Waals surface area contributed by atoms with Crippen molar-refractivity contribution < 1.29 is 9.47 Å². The van der Waals surface area contributed by atoms with Crippen LogP contribution < -0.4 is 15.0 Å². The van der Waals surface area contributed by atoms with Crippen LogP contribution in [0.15, 0.2) is 76.6 Å². The molecule has 0 saturated carbocycles. The van der Waals surface area contributed by atoms with Gasteiger partial charge in [-0.3, -0.25) is 4.79 Å². The number of nitrogens with zero attached hydrogens (tertiary/aromatic N) is 3. The predicted molar refractivity (Wildman–Crippen MR) is 177 cm³/mol. The maximum absolute atomic E-state index is 13.7. The topological polar surface area (TPSA) is 65.7 Å². The van der Waals surface area contributed by atoms with Crippen molar-refractivity contribution >= 4 is 63.5 Å². The van der Waals surface area contributed by atoms with E-state index in [1.54, 1.807) is 49.6 Å². The van der Waals surface area contributed by atoms with Gasteiger partial charge in [-0.15, -0.1) is 0 Å². The molecular weight excluding hydrogens is 628 g/mol. The molecule has 0 aliphatic carbocycles. The van der Waals surface area contributed by atoms with Crippen molar-refractivity contribution in [1.82, 2.24) is 9.66 Å². The molecule has 0 amide bonds. The van der Waals surface area contributed by atoms with Gasteiger partial charge in [0.15, 0.2) is 11.6 Å². The van der Waals surface area contributed by atoms with Crippen molar-refractivity contribution in [1.29, 1.82) is 0 Å². The number of ether oxygens (including phenoxy) is 2. The average Bonchev–Trinajstić information content (AvgIpc) is 2.96. The number of hydrogen-bond donors (Lipinski definition) is 0. The standard InChI is InChI=1S/C33H27Cl4N3O3/c1-18(2)24-15-25(19(3)11-30(24)42-4)32-39-29-8-6-5-7-23(29)33(41)40(32)38-16-20-12-27(36)31(28(37)13-20)43-17-21-9-10-22(34)14-26(21)35/h5-16,18H,17H2,1-4H3. The lowest BCUT2D eigenvalue weighted by Crippen LogP contribution is -2.20. The summed E-state index contributed by atoms with van der Waals surface area (Å²) in [7, 11) is 1.65. The molecule has 5 aromatic rings. The highest BCUT2D eigenvalue weighted by atomic mass is 35.5. The molecule has 0 atom stereocenters. The maximum Gasteiger partial charge on any atom is 0.282 e. The van der Waals surface area contributed by atoms with Gasteiger partial charge in [0, 0.05) is 21.2 Å². The second-order valence-corrected chi connectivity index (χ2v) is 11.9. The van der Waals surface area contributed by atoms with Gasteiger partial charge in [0.05, 0.1) is 34.3 Å². The zero-order valence-electron chi connectivity index (χ0n) is 23.8. The number of benzene rings is 4. The van der Waals surface area contributed by atoms with Crippen LogP contribution in [0.5, 0.6) is 11.5 Å². The zero-order chi connectivity index (χ0) is 30.8. The van der Waals surface area contributed by atoms with E-state index in [0.29, 0.717) is 38.1 Å². The summed E-state index contributed by atoms with van der Waals surface area (Å²) >= 11 is 25.4. The highest BCUT2D eigenvalue weighted by molar-refractivity contribution is 6.37. The maximum atomic E-state index is 13.7. The molecule has 0 radical (unpaired) electrons. The van der Waals surface area contributed by atoms with Gasteiger partial charge < -0.3 is 9.47 Å². The lowest BCUT2D eigenvalue weighted by Gasteiger charge is -2.17. The summed E-state index contributed by atoms with van der Waals surface area (Å²) < 4.78 is 12.8. The van der Waals surface area contributed by atoms with Gasteiger partial charge in [-0.05, 0) is 78.1 Å². The van der Waals surface area contributed by atoms with E-state index in [1.807, 2.05) is 31.2 Å². The van der Waals surface area contributed by atoms with E-state index in [1.165, 1.54) is 10.9 Å². The average molecular weight is 655 g/mol. The van der Waals surface area contributed by atoms with Gasteiger partial charge in [0.25, 0.3) is 5.56 Å². The molecule has 1 heterocycles. The Bertz CT molecular complexity index is 1910. The molecule has 10 heteroatoms. The SMILES string of the molecule is COc1cc(C)c(-c2nc3ccccc3c(=O)n2N=Cc2cc(Cl)c(OCc3ccc(Cl)cc3Cl)c(Cl)c2)cc1C(C)C. The Labute approximate surface area is 269 Å². The number of aryl methyl sites for hydroxylation is 1. The van der Waals surface area contributed by atoms with E-state index in [9.17, 15) is 4.79 Å². The van der Waals surface area contributed by atoms with Gasteiger partial charge in [-0.2, -0.15) is 9.78 Å². The van der Waals surface area contributed by atoms with Gasteiger partial charge in [-0.1, -0.05) is 78.5 Å². The van der Waals surface area contributed by atoms with Gasteiger partial charge in [0.2, 0.25) is 0 Å². The Morgan fingerprint density at radius 2 is 1.67 bits per heavy atom. The Kier molecular flexibility index (Phi) is 9.33. The van der Waals surface area contributed by atoms with Crippen molar-refractivity contribution in [3.8, 4) is 22.9 Å². The molecule has 0 fully saturated rings. The van der Waals surface area contributed by atoms with Crippen molar-refractivity contribution in [3.63, 3.8) is 0 Å². The highest BCUT2D eigenvalue weighted by Gasteiger charge is 2.19. The first-order chi connectivity index (χ1) is 20.6. The highest BCUT2D eigenvalue weighted by Crippen LogP contribution is 2.36. The van der Waals surface area contributed by atoms with Gasteiger partial charge >= 0.3 is 0 Å². The monoisotopic (exact) mass is 653 g/mol. The van der Waals surface area contributed by atoms with Crippen LogP contribution in [0.2, 0.25) is 20.1 Å². The van der Waals surface area contributed by atoms with E-state index in [0.717, 1.165) is 28.0 Å². The molecule has 0 aliphatic rings. The predicted octanol–water partition coefficient (Wildman–Crippen LogP) is 9.58. The Balaban J connectivity index is 1.56. The summed E-state index contributed by atoms with van der Waals surface area (Å²) in [5.41, 5.74) is 4.21. The minimum atomic E-state index is -0.310. The number of para-hydroxylation sites is 1. The van der Waals surface area contributed by atoms with E-state index < -0.39 is 0 Å². The molecule has 0 unspecified atom stereocenters. The molecule has 1 aromatic heterocycles. The normalized spacial score (nSPS) is 11.6. The van der Waals surface area contributed by atoms with Crippen LogP contribution in [0.25, 0.3) is 22.3 Å². The molecule has 6 nitrogen and oxygen atoms in total. The van der Waals surface area contributed by atoms with Crippen molar-refractivity contribution in [2.24, 2.45) is 5.10 Å². The van der Waals surface area contributed by atoms with Crippen molar-refractivity contribution in [2.75, 3.05) is 7.11 Å². The third-order valence-electron chi connectivity index (χ3n) is 6.92. The van der Waals surface area contributed by atoms with Gasteiger partial charge in [0.1, 0.15) is 12.4 Å². The minimum absolute atomic E-state index is 0.143. The number of fused-ring (bicyclic) bond motifs is 1. The second-order valence-electron chi connectivity index (χ2n) is 10.2. The van der Waals surface area contributed by atoms with Crippen LogP contribution in [0, 0.1) is 6.92 Å². The van der Waals surface area contributed by atoms with E-state index in [2.05, 4.69) is 18.9 Å². The first kappa shape index (κ1) is 30.9. The Morgan fingerprint density at radius 1 is 0.953 bits per heavy atom. The summed E-state index contributed by atoms with van der Waals surface area (Å²) in [6, 6.07) is 19.6. The lowest BCUT2D eigenvalue weighted by molar-refractivity contribution is 0.306. The molecule has 0 N–H and O–H groups in total. The summed E-state index contributed by atoms with van der Waals surface area (Å²) in [6.45, 7) is 6.26. The number of hydrogen-bond acceptors (Lipinski definition) is 5. The summed E-state index contributed by atoms with van der Waals surface area (Å²) in [4.78, 5) is 18.6. The number of halogens is 4. The quantitative estimate of drug-likeness (QED) is 0.156. The van der Waals surface area contributed by atoms with E-state index in [4.69, 9.17) is 60.9 Å². The molecule has 0 aliphatic heterocycles. The molecule has 220 valence electrons.